The minimum absolute atomic E-state index is 0.300. The van der Waals surface area contributed by atoms with Crippen LogP contribution in [0.5, 0.6) is 0 Å². The van der Waals surface area contributed by atoms with Crippen LogP contribution in [0.1, 0.15) is 0 Å². The minimum Gasteiger partial charge on any atom is -0.368 e. The van der Waals surface area contributed by atoms with E-state index < -0.39 is 0 Å². The molecule has 0 saturated heterocycles. The molecule has 6 rings (SSSR count). The van der Waals surface area contributed by atoms with Gasteiger partial charge in [-0.25, -0.2) is 19.9 Å². The highest BCUT2D eigenvalue weighted by molar-refractivity contribution is 5.88. The van der Waals surface area contributed by atoms with Crippen LogP contribution in [0.15, 0.2) is 110 Å². The van der Waals surface area contributed by atoms with Crippen LogP contribution in [0, 0.1) is 0 Å². The molecule has 164 valence electrons. The van der Waals surface area contributed by atoms with Crippen LogP contribution in [0.2, 0.25) is 0 Å². The predicted octanol–water partition coefficient (Wildman–Crippen LogP) is 5.76. The van der Waals surface area contributed by atoms with Crippen molar-refractivity contribution in [3.8, 4) is 22.3 Å². The fourth-order valence-corrected chi connectivity index (χ4v) is 3.71. The first-order valence-corrected chi connectivity index (χ1v) is 10.8. The van der Waals surface area contributed by atoms with Gasteiger partial charge in [0.2, 0.25) is 11.9 Å². The number of fused-ring (bicyclic) bond motifs is 2. The molecule has 6 nitrogen and oxygen atoms in total. The summed E-state index contributed by atoms with van der Waals surface area (Å²) < 4.78 is 0. The number of nitrogen functional groups attached to an aromatic ring is 2. The average Bonchev–Trinajstić information content (AvgIpc) is 2.89. The molecule has 0 aliphatic carbocycles. The standard InChI is InChI=1S/2C14H11N3/c2*15-14-16-8-13(9-17-14)12-6-5-10-3-1-2-4-11(10)7-12/h2*1-9H,(H2,15,16,17). The molecule has 0 spiro atoms. The molecule has 6 heteroatoms. The molecule has 0 aliphatic heterocycles. The summed E-state index contributed by atoms with van der Waals surface area (Å²) in [6, 6.07) is 29.1. The highest BCUT2D eigenvalue weighted by Gasteiger charge is 2.01. The number of nitrogens with zero attached hydrogens (tertiary/aromatic N) is 4. The first kappa shape index (κ1) is 21.0. The Kier molecular flexibility index (Phi) is 5.78. The molecular weight excluding hydrogens is 420 g/mol. The van der Waals surface area contributed by atoms with Crippen LogP contribution in [0.4, 0.5) is 11.9 Å². The highest BCUT2D eigenvalue weighted by Crippen LogP contribution is 2.24. The summed E-state index contributed by atoms with van der Waals surface area (Å²) in [5, 5.41) is 4.88. The number of anilines is 2. The van der Waals surface area contributed by atoms with E-state index in [2.05, 4.69) is 80.6 Å². The van der Waals surface area contributed by atoms with E-state index in [4.69, 9.17) is 11.5 Å². The summed E-state index contributed by atoms with van der Waals surface area (Å²) in [6.07, 6.45) is 6.97. The Balaban J connectivity index is 0.000000142. The fourth-order valence-electron chi connectivity index (χ4n) is 3.71. The Hall–Kier alpha value is -4.84. The zero-order valence-corrected chi connectivity index (χ0v) is 18.3. The van der Waals surface area contributed by atoms with E-state index >= 15 is 0 Å². The minimum atomic E-state index is 0.300. The van der Waals surface area contributed by atoms with Crippen LogP contribution >= 0.6 is 0 Å². The zero-order valence-electron chi connectivity index (χ0n) is 18.3. The number of hydrogen-bond acceptors (Lipinski definition) is 6. The molecule has 34 heavy (non-hydrogen) atoms. The van der Waals surface area contributed by atoms with Gasteiger partial charge in [0.25, 0.3) is 0 Å². The van der Waals surface area contributed by atoms with Crippen molar-refractivity contribution in [2.24, 2.45) is 0 Å². The maximum absolute atomic E-state index is 5.47. The zero-order chi connectivity index (χ0) is 23.3. The molecule has 0 amide bonds. The first-order chi connectivity index (χ1) is 16.7. The van der Waals surface area contributed by atoms with Crippen molar-refractivity contribution in [3.63, 3.8) is 0 Å². The molecule has 0 aliphatic rings. The van der Waals surface area contributed by atoms with Gasteiger partial charge in [-0.2, -0.15) is 0 Å². The first-order valence-electron chi connectivity index (χ1n) is 10.8. The molecule has 0 fully saturated rings. The quantitative estimate of drug-likeness (QED) is 0.353. The topological polar surface area (TPSA) is 104 Å². The molecule has 0 bridgehead atoms. The summed E-state index contributed by atoms with van der Waals surface area (Å²) in [7, 11) is 0. The van der Waals surface area contributed by atoms with Gasteiger partial charge in [0.1, 0.15) is 0 Å². The Labute approximate surface area is 197 Å². The summed E-state index contributed by atoms with van der Waals surface area (Å²) in [6.45, 7) is 0. The van der Waals surface area contributed by atoms with Crippen molar-refractivity contribution in [3.05, 3.63) is 110 Å². The molecule has 6 aromatic rings. The van der Waals surface area contributed by atoms with E-state index in [9.17, 15) is 0 Å². The van der Waals surface area contributed by atoms with Crippen LogP contribution in [-0.2, 0) is 0 Å². The third kappa shape index (κ3) is 4.66. The van der Waals surface area contributed by atoms with Gasteiger partial charge in [0.05, 0.1) is 0 Å². The smallest absolute Gasteiger partial charge is 0.219 e. The van der Waals surface area contributed by atoms with Gasteiger partial charge in [-0.15, -0.1) is 0 Å². The van der Waals surface area contributed by atoms with Crippen LogP contribution < -0.4 is 11.5 Å². The summed E-state index contributed by atoms with van der Waals surface area (Å²) >= 11 is 0. The van der Waals surface area contributed by atoms with Crippen LogP contribution in [-0.4, -0.2) is 19.9 Å². The molecule has 4 aromatic carbocycles. The maximum atomic E-state index is 5.47. The molecule has 0 atom stereocenters. The molecule has 2 aromatic heterocycles. The molecule has 0 unspecified atom stereocenters. The van der Waals surface area contributed by atoms with Crippen LogP contribution in [0.25, 0.3) is 43.8 Å². The maximum Gasteiger partial charge on any atom is 0.219 e. The van der Waals surface area contributed by atoms with Gasteiger partial charge in [-0.1, -0.05) is 72.8 Å². The van der Waals surface area contributed by atoms with E-state index in [1.54, 1.807) is 24.8 Å². The lowest BCUT2D eigenvalue weighted by Gasteiger charge is -2.03. The van der Waals surface area contributed by atoms with E-state index in [0.717, 1.165) is 22.3 Å². The van der Waals surface area contributed by atoms with Crippen molar-refractivity contribution in [2.75, 3.05) is 11.5 Å². The molecule has 0 saturated carbocycles. The lowest BCUT2D eigenvalue weighted by molar-refractivity contribution is 1.19. The van der Waals surface area contributed by atoms with Gasteiger partial charge in [-0.3, -0.25) is 0 Å². The van der Waals surface area contributed by atoms with E-state index in [0.29, 0.717) is 11.9 Å². The van der Waals surface area contributed by atoms with Crippen LogP contribution in [0.3, 0.4) is 0 Å². The van der Waals surface area contributed by atoms with Crippen molar-refractivity contribution >= 4 is 33.4 Å². The molecule has 2 heterocycles. The predicted molar refractivity (Wildman–Crippen MR) is 139 cm³/mol. The van der Waals surface area contributed by atoms with Crippen molar-refractivity contribution in [1.82, 2.24) is 19.9 Å². The van der Waals surface area contributed by atoms with Gasteiger partial charge in [-0.05, 0) is 44.8 Å². The van der Waals surface area contributed by atoms with Crippen molar-refractivity contribution in [1.29, 1.82) is 0 Å². The van der Waals surface area contributed by atoms with E-state index in [1.165, 1.54) is 21.5 Å². The number of nitrogens with two attached hydrogens (primary N) is 2. The molecule has 4 N–H and O–H groups in total. The summed E-state index contributed by atoms with van der Waals surface area (Å²) in [5.41, 5.74) is 15.1. The second-order valence-electron chi connectivity index (χ2n) is 7.78. The van der Waals surface area contributed by atoms with E-state index in [1.807, 2.05) is 24.3 Å². The fraction of sp³-hybridized carbons (Fsp3) is 0. The normalized spacial score (nSPS) is 10.6. The van der Waals surface area contributed by atoms with E-state index in [-0.39, 0.29) is 0 Å². The van der Waals surface area contributed by atoms with Gasteiger partial charge < -0.3 is 11.5 Å². The number of hydrogen-bond donors (Lipinski definition) is 2. The monoisotopic (exact) mass is 442 g/mol. The largest absolute Gasteiger partial charge is 0.368 e. The summed E-state index contributed by atoms with van der Waals surface area (Å²) in [5.74, 6) is 0.601. The lowest BCUT2D eigenvalue weighted by Crippen LogP contribution is -1.93. The molecule has 0 radical (unpaired) electrons. The second kappa shape index (κ2) is 9.34. The van der Waals surface area contributed by atoms with Gasteiger partial charge in [0, 0.05) is 35.9 Å². The van der Waals surface area contributed by atoms with Gasteiger partial charge in [0.15, 0.2) is 0 Å². The second-order valence-corrected chi connectivity index (χ2v) is 7.78. The summed E-state index contributed by atoms with van der Waals surface area (Å²) in [4.78, 5) is 16.0. The molecular formula is C28H22N6. The van der Waals surface area contributed by atoms with Crippen molar-refractivity contribution < 1.29 is 0 Å². The highest BCUT2D eigenvalue weighted by atomic mass is 15.0. The number of rotatable bonds is 2. The number of aromatic nitrogens is 4. The van der Waals surface area contributed by atoms with Crippen molar-refractivity contribution in [2.45, 2.75) is 0 Å². The Morgan fingerprint density at radius 1 is 0.382 bits per heavy atom. The van der Waals surface area contributed by atoms with Gasteiger partial charge >= 0.3 is 0 Å². The Morgan fingerprint density at radius 2 is 0.735 bits per heavy atom. The number of benzene rings is 4. The lowest BCUT2D eigenvalue weighted by atomic mass is 10.0. The third-order valence-electron chi connectivity index (χ3n) is 5.51. The average molecular weight is 443 g/mol. The Morgan fingerprint density at radius 3 is 1.12 bits per heavy atom. The SMILES string of the molecule is Nc1ncc(-c2ccc3ccccc3c2)cn1.Nc1ncc(-c2ccc3ccccc3c2)cn1. The Bertz CT molecular complexity index is 1440. The third-order valence-corrected chi connectivity index (χ3v) is 5.51.